The van der Waals surface area contributed by atoms with Gasteiger partial charge in [-0.25, -0.2) is 9.97 Å². The van der Waals surface area contributed by atoms with Gasteiger partial charge in [0, 0.05) is 37.8 Å². The Labute approximate surface area is 137 Å². The van der Waals surface area contributed by atoms with E-state index in [9.17, 15) is 4.79 Å². The zero-order valence-corrected chi connectivity index (χ0v) is 13.4. The summed E-state index contributed by atoms with van der Waals surface area (Å²) in [5.41, 5.74) is 0.694. The van der Waals surface area contributed by atoms with Crippen LogP contribution >= 0.6 is 11.3 Å². The third-order valence-corrected chi connectivity index (χ3v) is 4.93. The summed E-state index contributed by atoms with van der Waals surface area (Å²) in [7, 11) is 0. The Hall–Kier alpha value is -2.25. The van der Waals surface area contributed by atoms with E-state index in [1.807, 2.05) is 29.8 Å². The van der Waals surface area contributed by atoms with Gasteiger partial charge in [0.25, 0.3) is 5.56 Å². The second-order valence-corrected chi connectivity index (χ2v) is 6.48. The summed E-state index contributed by atoms with van der Waals surface area (Å²) in [6, 6.07) is 7.45. The number of nitrogens with one attached hydrogen (secondary N) is 1. The Bertz CT molecular complexity index is 852. The van der Waals surface area contributed by atoms with E-state index in [4.69, 9.17) is 0 Å². The number of benzene rings is 1. The molecule has 3 aromatic rings. The zero-order chi connectivity index (χ0) is 15.6. The van der Waals surface area contributed by atoms with Crippen LogP contribution in [0.5, 0.6) is 0 Å². The molecule has 23 heavy (non-hydrogen) atoms. The molecule has 118 valence electrons. The van der Waals surface area contributed by atoms with E-state index in [1.54, 1.807) is 17.4 Å². The van der Waals surface area contributed by atoms with E-state index < -0.39 is 0 Å². The second kappa shape index (κ2) is 6.10. The number of anilines is 1. The molecule has 1 N–H and O–H groups in total. The number of fused-ring (bicyclic) bond motifs is 1. The van der Waals surface area contributed by atoms with Gasteiger partial charge < -0.3 is 9.88 Å². The highest BCUT2D eigenvalue weighted by Crippen LogP contribution is 2.19. The molecule has 7 heteroatoms. The first kappa shape index (κ1) is 14.3. The lowest BCUT2D eigenvalue weighted by atomic mass is 10.2. The molecular formula is C16H17N5OS. The summed E-state index contributed by atoms with van der Waals surface area (Å²) in [5.74, 6) is 0.733. The number of H-pyrrole nitrogens is 1. The minimum Gasteiger partial charge on any atom is -0.346 e. The lowest BCUT2D eigenvalue weighted by Gasteiger charge is -2.34. The smallest absolute Gasteiger partial charge is 0.258 e. The number of thiazole rings is 1. The average Bonchev–Trinajstić information content (AvgIpc) is 3.10. The third-order valence-electron chi connectivity index (χ3n) is 4.10. The van der Waals surface area contributed by atoms with E-state index in [2.05, 4.69) is 24.8 Å². The van der Waals surface area contributed by atoms with Gasteiger partial charge in [0.15, 0.2) is 5.13 Å². The van der Waals surface area contributed by atoms with Crippen LogP contribution in [0.3, 0.4) is 0 Å². The summed E-state index contributed by atoms with van der Waals surface area (Å²) in [6.45, 7) is 4.45. The quantitative estimate of drug-likeness (QED) is 0.793. The second-order valence-electron chi connectivity index (χ2n) is 5.61. The van der Waals surface area contributed by atoms with Crippen molar-refractivity contribution < 1.29 is 0 Å². The summed E-state index contributed by atoms with van der Waals surface area (Å²) in [6.07, 6.45) is 1.84. The highest BCUT2D eigenvalue weighted by molar-refractivity contribution is 7.13. The molecule has 6 nitrogen and oxygen atoms in total. The van der Waals surface area contributed by atoms with E-state index >= 15 is 0 Å². The van der Waals surface area contributed by atoms with Gasteiger partial charge in [-0.3, -0.25) is 9.69 Å². The standard InChI is InChI=1S/C16H17N5OS/c22-15-12-3-1-2-4-13(12)18-14(19-15)11-20-6-8-21(9-7-20)16-17-5-10-23-16/h1-5,10H,6-9,11H2,(H,18,19,22). The Morgan fingerprint density at radius 2 is 2.00 bits per heavy atom. The number of aromatic amines is 1. The summed E-state index contributed by atoms with van der Waals surface area (Å²) in [4.78, 5) is 28.6. The first-order valence-electron chi connectivity index (χ1n) is 7.64. The van der Waals surface area contributed by atoms with Crippen molar-refractivity contribution in [3.05, 3.63) is 52.0 Å². The van der Waals surface area contributed by atoms with E-state index in [1.165, 1.54) is 0 Å². The number of rotatable bonds is 3. The largest absolute Gasteiger partial charge is 0.346 e. The summed E-state index contributed by atoms with van der Waals surface area (Å²) < 4.78 is 0. The predicted octanol–water partition coefficient (Wildman–Crippen LogP) is 1.70. The number of aromatic nitrogens is 3. The SMILES string of the molecule is O=c1[nH]c(CN2CCN(c3nccs3)CC2)nc2ccccc12. The van der Waals surface area contributed by atoms with Gasteiger partial charge in [-0.2, -0.15) is 0 Å². The van der Waals surface area contributed by atoms with Crippen molar-refractivity contribution in [2.45, 2.75) is 6.54 Å². The first-order valence-corrected chi connectivity index (χ1v) is 8.52. The maximum atomic E-state index is 12.1. The molecule has 1 fully saturated rings. The maximum absolute atomic E-state index is 12.1. The molecule has 0 amide bonds. The average molecular weight is 327 g/mol. The molecule has 0 aliphatic carbocycles. The number of para-hydroxylation sites is 1. The minimum absolute atomic E-state index is 0.0629. The normalized spacial score (nSPS) is 16.1. The Morgan fingerprint density at radius 3 is 2.78 bits per heavy atom. The molecule has 0 spiro atoms. The van der Waals surface area contributed by atoms with Crippen LogP contribution in [0.2, 0.25) is 0 Å². The van der Waals surface area contributed by atoms with Gasteiger partial charge >= 0.3 is 0 Å². The van der Waals surface area contributed by atoms with Crippen LogP contribution in [-0.4, -0.2) is 46.0 Å². The van der Waals surface area contributed by atoms with Crippen LogP contribution in [0.15, 0.2) is 40.6 Å². The van der Waals surface area contributed by atoms with Crippen LogP contribution in [0.25, 0.3) is 10.9 Å². The Balaban J connectivity index is 1.46. The van der Waals surface area contributed by atoms with Gasteiger partial charge in [-0.05, 0) is 12.1 Å². The van der Waals surface area contributed by atoms with E-state index in [0.717, 1.165) is 42.7 Å². The van der Waals surface area contributed by atoms with Crippen molar-refractivity contribution in [3.63, 3.8) is 0 Å². The summed E-state index contributed by atoms with van der Waals surface area (Å²) in [5, 5.41) is 3.73. The number of hydrogen-bond acceptors (Lipinski definition) is 6. The number of piperazine rings is 1. The van der Waals surface area contributed by atoms with Crippen LogP contribution < -0.4 is 10.5 Å². The fraction of sp³-hybridized carbons (Fsp3) is 0.312. The van der Waals surface area contributed by atoms with Crippen molar-refractivity contribution in [2.24, 2.45) is 0 Å². The van der Waals surface area contributed by atoms with Gasteiger partial charge in [0.1, 0.15) is 5.82 Å². The van der Waals surface area contributed by atoms with Crippen LogP contribution in [0.1, 0.15) is 5.82 Å². The fourth-order valence-electron chi connectivity index (χ4n) is 2.89. The van der Waals surface area contributed by atoms with Crippen LogP contribution in [0, 0.1) is 0 Å². The van der Waals surface area contributed by atoms with Crippen molar-refractivity contribution in [1.82, 2.24) is 19.9 Å². The third kappa shape index (κ3) is 2.97. The molecular weight excluding hydrogens is 310 g/mol. The molecule has 0 bridgehead atoms. The topological polar surface area (TPSA) is 65.1 Å². The van der Waals surface area contributed by atoms with Crippen molar-refractivity contribution in [2.75, 3.05) is 31.1 Å². The molecule has 1 aliphatic rings. The molecule has 3 heterocycles. The molecule has 1 aliphatic heterocycles. The van der Waals surface area contributed by atoms with Gasteiger partial charge in [-0.1, -0.05) is 12.1 Å². The molecule has 1 saturated heterocycles. The molecule has 0 radical (unpaired) electrons. The molecule has 0 atom stereocenters. The minimum atomic E-state index is -0.0629. The molecule has 0 saturated carbocycles. The van der Waals surface area contributed by atoms with Crippen LogP contribution in [-0.2, 0) is 6.54 Å². The highest BCUT2D eigenvalue weighted by Gasteiger charge is 2.19. The molecule has 1 aromatic carbocycles. The summed E-state index contributed by atoms with van der Waals surface area (Å²) >= 11 is 1.67. The molecule has 0 unspecified atom stereocenters. The van der Waals surface area contributed by atoms with Crippen LogP contribution in [0.4, 0.5) is 5.13 Å². The van der Waals surface area contributed by atoms with E-state index in [0.29, 0.717) is 11.9 Å². The molecule has 2 aromatic heterocycles. The molecule has 4 rings (SSSR count). The lowest BCUT2D eigenvalue weighted by Crippen LogP contribution is -2.46. The first-order chi connectivity index (χ1) is 11.3. The monoisotopic (exact) mass is 327 g/mol. The highest BCUT2D eigenvalue weighted by atomic mass is 32.1. The predicted molar refractivity (Wildman–Crippen MR) is 92.0 cm³/mol. The Kier molecular flexibility index (Phi) is 3.80. The maximum Gasteiger partial charge on any atom is 0.258 e. The number of nitrogens with zero attached hydrogens (tertiary/aromatic N) is 4. The van der Waals surface area contributed by atoms with E-state index in [-0.39, 0.29) is 5.56 Å². The lowest BCUT2D eigenvalue weighted by molar-refractivity contribution is 0.244. The van der Waals surface area contributed by atoms with Gasteiger partial charge in [0.2, 0.25) is 0 Å². The zero-order valence-electron chi connectivity index (χ0n) is 12.6. The Morgan fingerprint density at radius 1 is 1.17 bits per heavy atom. The van der Waals surface area contributed by atoms with Gasteiger partial charge in [-0.15, -0.1) is 11.3 Å². The van der Waals surface area contributed by atoms with Crippen molar-refractivity contribution >= 4 is 27.4 Å². The van der Waals surface area contributed by atoms with Crippen molar-refractivity contribution in [1.29, 1.82) is 0 Å². The van der Waals surface area contributed by atoms with Gasteiger partial charge in [0.05, 0.1) is 17.4 Å². The van der Waals surface area contributed by atoms with Crippen molar-refractivity contribution in [3.8, 4) is 0 Å². The fourth-order valence-corrected chi connectivity index (χ4v) is 3.59. The number of hydrogen-bond donors (Lipinski definition) is 1.